The number of carboxylic acids is 1. The summed E-state index contributed by atoms with van der Waals surface area (Å²) in [5, 5.41) is 12.0. The first-order valence-electron chi connectivity index (χ1n) is 6.66. The normalized spacial score (nSPS) is 19.6. The van der Waals surface area contributed by atoms with Crippen molar-refractivity contribution >= 4 is 38.7 Å². The zero-order valence-corrected chi connectivity index (χ0v) is 14.2. The summed E-state index contributed by atoms with van der Waals surface area (Å²) in [5.74, 6) is -1.09. The fraction of sp³-hybridized carbons (Fsp3) is 0.385. The van der Waals surface area contributed by atoms with Gasteiger partial charge in [0.25, 0.3) is 10.0 Å². The van der Waals surface area contributed by atoms with Crippen molar-refractivity contribution in [2.24, 2.45) is 0 Å². The Morgan fingerprint density at radius 2 is 2.23 bits per heavy atom. The lowest BCUT2D eigenvalue weighted by molar-refractivity contribution is -0.140. The van der Waals surface area contributed by atoms with E-state index in [-0.39, 0.29) is 10.8 Å². The smallest absolute Gasteiger partial charge is 0.322 e. The van der Waals surface area contributed by atoms with Gasteiger partial charge in [-0.05, 0) is 31.9 Å². The molecule has 3 rings (SSSR count). The van der Waals surface area contributed by atoms with E-state index in [0.717, 1.165) is 31.2 Å². The summed E-state index contributed by atoms with van der Waals surface area (Å²) >= 11 is 2.63. The van der Waals surface area contributed by atoms with E-state index in [9.17, 15) is 13.2 Å². The Morgan fingerprint density at radius 1 is 1.45 bits per heavy atom. The largest absolute Gasteiger partial charge is 0.480 e. The quantitative estimate of drug-likeness (QED) is 0.907. The highest BCUT2D eigenvalue weighted by Crippen LogP contribution is 2.35. The summed E-state index contributed by atoms with van der Waals surface area (Å²) in [6, 6.07) is 2.29. The minimum Gasteiger partial charge on any atom is -0.480 e. The third-order valence-electron chi connectivity index (χ3n) is 3.50. The Labute approximate surface area is 136 Å². The van der Waals surface area contributed by atoms with Gasteiger partial charge in [-0.1, -0.05) is 0 Å². The van der Waals surface area contributed by atoms with Gasteiger partial charge in [0.05, 0.1) is 15.6 Å². The number of aryl methyl sites for hydroxylation is 1. The maximum Gasteiger partial charge on any atom is 0.322 e. The van der Waals surface area contributed by atoms with E-state index in [1.165, 1.54) is 17.4 Å². The van der Waals surface area contributed by atoms with E-state index in [1.807, 2.05) is 12.3 Å². The summed E-state index contributed by atoms with van der Waals surface area (Å²) < 4.78 is 26.6. The van der Waals surface area contributed by atoms with Crippen LogP contribution >= 0.6 is 22.7 Å². The van der Waals surface area contributed by atoms with Crippen molar-refractivity contribution < 1.29 is 18.3 Å². The van der Waals surface area contributed by atoms with Crippen LogP contribution in [-0.2, 0) is 14.8 Å². The van der Waals surface area contributed by atoms with Crippen molar-refractivity contribution in [1.29, 1.82) is 0 Å². The molecule has 0 saturated carbocycles. The van der Waals surface area contributed by atoms with Gasteiger partial charge in [0.15, 0.2) is 0 Å². The van der Waals surface area contributed by atoms with Crippen LogP contribution in [0, 0.1) is 6.92 Å². The van der Waals surface area contributed by atoms with Crippen LogP contribution in [0.25, 0.3) is 10.6 Å². The van der Waals surface area contributed by atoms with Crippen molar-refractivity contribution in [3.63, 3.8) is 0 Å². The van der Waals surface area contributed by atoms with E-state index in [2.05, 4.69) is 4.98 Å². The fourth-order valence-electron chi connectivity index (χ4n) is 2.46. The van der Waals surface area contributed by atoms with Crippen LogP contribution in [0.4, 0.5) is 0 Å². The Morgan fingerprint density at radius 3 is 2.86 bits per heavy atom. The molecule has 0 bridgehead atoms. The molecule has 1 aliphatic heterocycles. The van der Waals surface area contributed by atoms with Gasteiger partial charge in [-0.25, -0.2) is 13.4 Å². The number of aliphatic carboxylic acids is 1. The molecular formula is C13H14N2O4S3. The number of aromatic nitrogens is 1. The molecule has 1 N–H and O–H groups in total. The minimum atomic E-state index is -3.77. The van der Waals surface area contributed by atoms with Crippen LogP contribution in [0.5, 0.6) is 0 Å². The number of rotatable bonds is 4. The molecule has 2 aromatic rings. The Balaban J connectivity index is 1.93. The zero-order chi connectivity index (χ0) is 15.9. The predicted octanol–water partition coefficient (Wildman–Crippen LogP) is 2.42. The van der Waals surface area contributed by atoms with Gasteiger partial charge in [-0.3, -0.25) is 4.79 Å². The standard InChI is InChI=1S/C13H14N2O4S3/c1-8-14-9(7-20-8)11-4-5-12(21-11)22(18,19)15-6-2-3-10(15)13(16)17/h4-5,7,10H,2-3,6H2,1H3,(H,16,17)/t10-/m1/s1. The van der Waals surface area contributed by atoms with Crippen molar-refractivity contribution in [1.82, 2.24) is 9.29 Å². The Hall–Kier alpha value is -1.29. The lowest BCUT2D eigenvalue weighted by Crippen LogP contribution is -2.40. The molecule has 22 heavy (non-hydrogen) atoms. The molecule has 1 aliphatic rings. The molecule has 1 saturated heterocycles. The molecule has 6 nitrogen and oxygen atoms in total. The van der Waals surface area contributed by atoms with Gasteiger partial charge >= 0.3 is 5.97 Å². The van der Waals surface area contributed by atoms with Crippen LogP contribution in [0.2, 0.25) is 0 Å². The number of carboxylic acid groups (broad SMARTS) is 1. The van der Waals surface area contributed by atoms with Crippen LogP contribution in [0.1, 0.15) is 17.8 Å². The molecule has 3 heterocycles. The van der Waals surface area contributed by atoms with Gasteiger partial charge < -0.3 is 5.11 Å². The minimum absolute atomic E-state index is 0.168. The molecular weight excluding hydrogens is 344 g/mol. The Kier molecular flexibility index (Phi) is 4.06. The second-order valence-electron chi connectivity index (χ2n) is 4.98. The molecule has 9 heteroatoms. The van der Waals surface area contributed by atoms with Gasteiger partial charge in [-0.2, -0.15) is 4.31 Å². The maximum absolute atomic E-state index is 12.7. The van der Waals surface area contributed by atoms with Crippen LogP contribution in [0.3, 0.4) is 0 Å². The summed E-state index contributed by atoms with van der Waals surface area (Å²) in [5.41, 5.74) is 0.755. The van der Waals surface area contributed by atoms with E-state index in [4.69, 9.17) is 5.11 Å². The number of hydrogen-bond donors (Lipinski definition) is 1. The van der Waals surface area contributed by atoms with E-state index < -0.39 is 22.0 Å². The first-order chi connectivity index (χ1) is 10.4. The summed E-state index contributed by atoms with van der Waals surface area (Å²) in [6.45, 7) is 2.14. The van der Waals surface area contributed by atoms with Crippen molar-refractivity contribution in [3.8, 4) is 10.6 Å². The van der Waals surface area contributed by atoms with Crippen molar-refractivity contribution in [2.75, 3.05) is 6.54 Å². The van der Waals surface area contributed by atoms with E-state index in [1.54, 1.807) is 6.07 Å². The lowest BCUT2D eigenvalue weighted by Gasteiger charge is -2.19. The average Bonchev–Trinajstić information content (AvgIpc) is 3.18. The average molecular weight is 358 g/mol. The fourth-order valence-corrected chi connectivity index (χ4v) is 6.20. The van der Waals surface area contributed by atoms with Crippen LogP contribution in [-0.4, -0.2) is 41.4 Å². The van der Waals surface area contributed by atoms with E-state index in [0.29, 0.717) is 12.8 Å². The second kappa shape index (κ2) is 5.73. The van der Waals surface area contributed by atoms with Gasteiger partial charge in [0.2, 0.25) is 0 Å². The summed E-state index contributed by atoms with van der Waals surface area (Å²) in [6.07, 6.45) is 0.928. The molecule has 0 radical (unpaired) electrons. The summed E-state index contributed by atoms with van der Waals surface area (Å²) in [7, 11) is -3.77. The third kappa shape index (κ3) is 2.69. The highest BCUT2D eigenvalue weighted by atomic mass is 32.2. The Bertz CT molecular complexity index is 809. The number of nitrogens with zero attached hydrogens (tertiary/aromatic N) is 2. The number of thiophene rings is 1. The topological polar surface area (TPSA) is 87.6 Å². The molecule has 0 unspecified atom stereocenters. The maximum atomic E-state index is 12.7. The van der Waals surface area contributed by atoms with E-state index >= 15 is 0 Å². The highest BCUT2D eigenvalue weighted by molar-refractivity contribution is 7.91. The van der Waals surface area contributed by atoms with Crippen LogP contribution < -0.4 is 0 Å². The molecule has 1 fully saturated rings. The molecule has 2 aromatic heterocycles. The molecule has 1 atom stereocenters. The lowest BCUT2D eigenvalue weighted by atomic mass is 10.2. The number of sulfonamides is 1. The van der Waals surface area contributed by atoms with Crippen molar-refractivity contribution in [3.05, 3.63) is 22.5 Å². The van der Waals surface area contributed by atoms with Gasteiger partial charge in [0, 0.05) is 11.9 Å². The first kappa shape index (κ1) is 15.6. The monoisotopic (exact) mass is 358 g/mol. The van der Waals surface area contributed by atoms with Crippen LogP contribution in [0.15, 0.2) is 21.7 Å². The SMILES string of the molecule is Cc1nc(-c2ccc(S(=O)(=O)N3CCC[C@@H]3C(=O)O)s2)cs1. The third-order valence-corrected chi connectivity index (χ3v) is 7.76. The highest BCUT2D eigenvalue weighted by Gasteiger charge is 2.40. The van der Waals surface area contributed by atoms with Gasteiger partial charge in [-0.15, -0.1) is 22.7 Å². The summed E-state index contributed by atoms with van der Waals surface area (Å²) in [4.78, 5) is 16.3. The second-order valence-corrected chi connectivity index (χ2v) is 9.25. The zero-order valence-electron chi connectivity index (χ0n) is 11.7. The molecule has 0 aromatic carbocycles. The molecule has 0 amide bonds. The van der Waals surface area contributed by atoms with Gasteiger partial charge in [0.1, 0.15) is 10.3 Å². The molecule has 0 aliphatic carbocycles. The number of thiazole rings is 1. The molecule has 118 valence electrons. The predicted molar refractivity (Wildman–Crippen MR) is 84.7 cm³/mol. The number of carbonyl (C=O) groups is 1. The first-order valence-corrected chi connectivity index (χ1v) is 9.80. The van der Waals surface area contributed by atoms with Crippen molar-refractivity contribution in [2.45, 2.75) is 30.0 Å². The number of hydrogen-bond acceptors (Lipinski definition) is 6. The molecule has 0 spiro atoms.